The molecular weight excluding hydrogens is 376 g/mol. The number of nitrogens with zero attached hydrogens (tertiary/aromatic N) is 2. The number of anilines is 2. The Morgan fingerprint density at radius 1 is 0.793 bits per heavy atom. The summed E-state index contributed by atoms with van der Waals surface area (Å²) in [6.07, 6.45) is 3.23. The molecule has 2 heterocycles. The molecule has 0 radical (unpaired) electrons. The number of amides is 2. The Hall–Kier alpha value is -2.72. The second-order valence-electron chi connectivity index (χ2n) is 7.78. The third kappa shape index (κ3) is 3.65. The van der Waals surface area contributed by atoms with Crippen LogP contribution in [-0.2, 0) is 6.42 Å². The number of fused-ring (bicyclic) bond motifs is 2. The number of rotatable bonds is 2. The van der Waals surface area contributed by atoms with Gasteiger partial charge in [-0.2, -0.15) is 0 Å². The van der Waals surface area contributed by atoms with E-state index in [0.717, 1.165) is 53.5 Å². The maximum Gasteiger partial charge on any atom is 0.329 e. The van der Waals surface area contributed by atoms with Crippen LogP contribution >= 0.6 is 11.8 Å². The molecule has 29 heavy (non-hydrogen) atoms. The number of piperidine rings is 1. The molecule has 0 saturated carbocycles. The first-order valence-electron chi connectivity index (χ1n) is 10.3. The van der Waals surface area contributed by atoms with Crippen LogP contribution in [0.2, 0.25) is 0 Å². The predicted octanol–water partition coefficient (Wildman–Crippen LogP) is 6.36. The molecule has 0 unspecified atom stereocenters. The Balaban J connectivity index is 1.34. The first-order chi connectivity index (χ1) is 14.3. The van der Waals surface area contributed by atoms with E-state index < -0.39 is 0 Å². The van der Waals surface area contributed by atoms with Gasteiger partial charge in [-0.25, -0.2) is 4.79 Å². The smallest absolute Gasteiger partial charge is 0.324 e. The van der Waals surface area contributed by atoms with E-state index in [-0.39, 0.29) is 6.03 Å². The molecule has 2 aliphatic rings. The lowest BCUT2D eigenvalue weighted by atomic mass is 9.90. The van der Waals surface area contributed by atoms with E-state index in [0.29, 0.717) is 5.92 Å². The highest BCUT2D eigenvalue weighted by molar-refractivity contribution is 7.99. The quantitative estimate of drug-likeness (QED) is 0.499. The van der Waals surface area contributed by atoms with Gasteiger partial charge in [-0.1, -0.05) is 66.4 Å². The van der Waals surface area contributed by atoms with Crippen molar-refractivity contribution in [2.75, 3.05) is 18.0 Å². The number of carbonyl (C=O) groups is 1. The van der Waals surface area contributed by atoms with Gasteiger partial charge < -0.3 is 4.90 Å². The number of hydrogen-bond acceptors (Lipinski definition) is 2. The van der Waals surface area contributed by atoms with Crippen molar-refractivity contribution in [3.8, 4) is 0 Å². The third-order valence-electron chi connectivity index (χ3n) is 5.88. The Labute approximate surface area is 176 Å². The van der Waals surface area contributed by atoms with Crippen molar-refractivity contribution in [1.29, 1.82) is 0 Å². The van der Waals surface area contributed by atoms with E-state index in [4.69, 9.17) is 0 Å². The molecule has 3 aromatic rings. The van der Waals surface area contributed by atoms with Gasteiger partial charge in [-0.05, 0) is 55.0 Å². The van der Waals surface area contributed by atoms with Crippen LogP contribution in [0.3, 0.4) is 0 Å². The van der Waals surface area contributed by atoms with Crippen LogP contribution in [0.1, 0.15) is 18.4 Å². The Morgan fingerprint density at radius 3 is 1.97 bits per heavy atom. The monoisotopic (exact) mass is 400 g/mol. The average molecular weight is 401 g/mol. The number of carbonyl (C=O) groups excluding carboxylic acids is 1. The fourth-order valence-corrected chi connectivity index (χ4v) is 5.39. The van der Waals surface area contributed by atoms with Crippen LogP contribution in [-0.4, -0.2) is 24.0 Å². The Kier molecular flexibility index (Phi) is 5.03. The SMILES string of the molecule is O=C(N1CCC(Cc2ccccc2)CC1)N1c2ccccc2Sc2ccccc21. The molecule has 146 valence electrons. The zero-order chi connectivity index (χ0) is 19.6. The van der Waals surface area contributed by atoms with Gasteiger partial charge in [-0.15, -0.1) is 0 Å². The highest BCUT2D eigenvalue weighted by atomic mass is 32.2. The van der Waals surface area contributed by atoms with Gasteiger partial charge >= 0.3 is 6.03 Å². The molecule has 0 aromatic heterocycles. The lowest BCUT2D eigenvalue weighted by Crippen LogP contribution is -2.46. The van der Waals surface area contributed by atoms with E-state index in [1.807, 2.05) is 34.1 Å². The summed E-state index contributed by atoms with van der Waals surface area (Å²) in [5, 5.41) is 0. The van der Waals surface area contributed by atoms with Crippen molar-refractivity contribution in [1.82, 2.24) is 4.90 Å². The third-order valence-corrected chi connectivity index (χ3v) is 7.01. The molecule has 5 rings (SSSR count). The number of benzene rings is 3. The van der Waals surface area contributed by atoms with Crippen molar-refractivity contribution in [2.24, 2.45) is 5.92 Å². The molecule has 4 heteroatoms. The molecular formula is C25H24N2OS. The average Bonchev–Trinajstić information content (AvgIpc) is 2.78. The van der Waals surface area contributed by atoms with Crippen LogP contribution in [0.5, 0.6) is 0 Å². The summed E-state index contributed by atoms with van der Waals surface area (Å²) in [7, 11) is 0. The normalized spacial score (nSPS) is 16.3. The van der Waals surface area contributed by atoms with Gasteiger partial charge in [0.1, 0.15) is 0 Å². The predicted molar refractivity (Wildman–Crippen MR) is 119 cm³/mol. The first-order valence-corrected chi connectivity index (χ1v) is 11.1. The Morgan fingerprint density at radius 2 is 1.34 bits per heavy atom. The largest absolute Gasteiger partial charge is 0.329 e. The van der Waals surface area contributed by atoms with Gasteiger partial charge in [-0.3, -0.25) is 4.90 Å². The van der Waals surface area contributed by atoms with E-state index in [2.05, 4.69) is 54.6 Å². The summed E-state index contributed by atoms with van der Waals surface area (Å²) >= 11 is 1.74. The summed E-state index contributed by atoms with van der Waals surface area (Å²) in [6, 6.07) is 27.2. The molecule has 0 spiro atoms. The molecule has 0 atom stereocenters. The van der Waals surface area contributed by atoms with Gasteiger partial charge in [0.25, 0.3) is 0 Å². The number of likely N-dealkylation sites (tertiary alicyclic amines) is 1. The number of urea groups is 1. The Bertz CT molecular complexity index is 967. The van der Waals surface area contributed by atoms with E-state index in [9.17, 15) is 4.79 Å². The van der Waals surface area contributed by atoms with Crippen molar-refractivity contribution in [2.45, 2.75) is 29.1 Å². The van der Waals surface area contributed by atoms with E-state index >= 15 is 0 Å². The molecule has 1 saturated heterocycles. The van der Waals surface area contributed by atoms with Crippen molar-refractivity contribution >= 4 is 29.2 Å². The fourth-order valence-electron chi connectivity index (χ4n) is 4.33. The fraction of sp³-hybridized carbons (Fsp3) is 0.240. The minimum absolute atomic E-state index is 0.100. The lowest BCUT2D eigenvalue weighted by Gasteiger charge is -2.38. The highest BCUT2D eigenvalue weighted by Gasteiger charge is 2.32. The molecule has 2 aliphatic heterocycles. The molecule has 2 amide bonds. The van der Waals surface area contributed by atoms with Gasteiger partial charge in [0, 0.05) is 22.9 Å². The summed E-state index contributed by atoms with van der Waals surface area (Å²) in [4.78, 5) is 19.8. The molecule has 3 aromatic carbocycles. The summed E-state index contributed by atoms with van der Waals surface area (Å²) < 4.78 is 0. The van der Waals surface area contributed by atoms with Crippen molar-refractivity contribution < 1.29 is 4.79 Å². The van der Waals surface area contributed by atoms with Gasteiger partial charge in [0.05, 0.1) is 11.4 Å². The maximum absolute atomic E-state index is 13.6. The first kappa shape index (κ1) is 18.3. The second kappa shape index (κ2) is 7.96. The molecule has 1 fully saturated rings. The number of hydrogen-bond donors (Lipinski definition) is 0. The molecule has 0 N–H and O–H groups in total. The number of para-hydroxylation sites is 2. The van der Waals surface area contributed by atoms with E-state index in [1.165, 1.54) is 5.56 Å². The summed E-state index contributed by atoms with van der Waals surface area (Å²) in [5.41, 5.74) is 3.38. The zero-order valence-electron chi connectivity index (χ0n) is 16.3. The zero-order valence-corrected chi connectivity index (χ0v) is 17.1. The van der Waals surface area contributed by atoms with Crippen LogP contribution in [0.4, 0.5) is 16.2 Å². The molecule has 0 aliphatic carbocycles. The summed E-state index contributed by atoms with van der Waals surface area (Å²) in [5.74, 6) is 0.651. The van der Waals surface area contributed by atoms with Crippen molar-refractivity contribution in [3.63, 3.8) is 0 Å². The summed E-state index contributed by atoms with van der Waals surface area (Å²) in [6.45, 7) is 1.65. The highest BCUT2D eigenvalue weighted by Crippen LogP contribution is 2.48. The second-order valence-corrected chi connectivity index (χ2v) is 8.86. The van der Waals surface area contributed by atoms with Crippen LogP contribution < -0.4 is 4.90 Å². The lowest BCUT2D eigenvalue weighted by molar-refractivity contribution is 0.178. The molecule has 3 nitrogen and oxygen atoms in total. The van der Waals surface area contributed by atoms with Crippen LogP contribution in [0, 0.1) is 5.92 Å². The van der Waals surface area contributed by atoms with Crippen LogP contribution in [0.25, 0.3) is 0 Å². The standard InChI is InChI=1S/C25H24N2OS/c28-25(26-16-14-20(15-17-26)18-19-8-2-1-3-9-19)27-21-10-4-6-12-23(21)29-24-13-7-5-11-22(24)27/h1-13,20H,14-18H2. The van der Waals surface area contributed by atoms with Gasteiger partial charge in [0.15, 0.2) is 0 Å². The topological polar surface area (TPSA) is 23.6 Å². The molecule has 0 bridgehead atoms. The van der Waals surface area contributed by atoms with Gasteiger partial charge in [0.2, 0.25) is 0 Å². The van der Waals surface area contributed by atoms with Crippen molar-refractivity contribution in [3.05, 3.63) is 84.4 Å². The minimum Gasteiger partial charge on any atom is -0.324 e. The van der Waals surface area contributed by atoms with Crippen LogP contribution in [0.15, 0.2) is 88.7 Å². The van der Waals surface area contributed by atoms with E-state index in [1.54, 1.807) is 11.8 Å². The maximum atomic E-state index is 13.6. The minimum atomic E-state index is 0.100.